The van der Waals surface area contributed by atoms with E-state index in [0.29, 0.717) is 17.5 Å². The molecule has 0 aromatic heterocycles. The molecular formula is C29H32N6O10. The first-order valence-corrected chi connectivity index (χ1v) is 14.0. The van der Waals surface area contributed by atoms with Crippen LogP contribution in [0.5, 0.6) is 0 Å². The fraction of sp³-hybridized carbons (Fsp3) is 0.414. The number of amides is 2. The molecule has 4 atom stereocenters. The first-order chi connectivity index (χ1) is 21.4. The molecule has 1 N–H and O–H groups in total. The molecule has 0 bridgehead atoms. The molecule has 45 heavy (non-hydrogen) atoms. The van der Waals surface area contributed by atoms with Gasteiger partial charge < -0.3 is 25.2 Å². The molecule has 1 aliphatic heterocycles. The number of nitro groups is 2. The van der Waals surface area contributed by atoms with E-state index in [2.05, 4.69) is 10.1 Å². The molecule has 0 spiro atoms. The lowest BCUT2D eigenvalue weighted by Gasteiger charge is -2.45. The van der Waals surface area contributed by atoms with Crippen LogP contribution in [0.15, 0.2) is 48.5 Å². The molecule has 1 saturated heterocycles. The summed E-state index contributed by atoms with van der Waals surface area (Å²) in [6.07, 6.45) is 0.595. The molecule has 1 unspecified atom stereocenters. The number of β-lactam (4-membered cyclic amide) rings is 1. The van der Waals surface area contributed by atoms with Gasteiger partial charge in [0, 0.05) is 42.8 Å². The molecule has 0 aliphatic carbocycles. The van der Waals surface area contributed by atoms with Gasteiger partial charge in [-0.25, -0.2) is 9.59 Å². The number of rotatable bonds is 15. The number of benzene rings is 2. The molecule has 2 amide bonds. The van der Waals surface area contributed by atoms with Crippen LogP contribution >= 0.6 is 0 Å². The second-order valence-corrected chi connectivity index (χ2v) is 10.4. The minimum atomic E-state index is -1.23. The van der Waals surface area contributed by atoms with Crippen molar-refractivity contribution in [3.05, 3.63) is 85.4 Å². The standard InChI is InChI=1S/C29H32N6O10/c1-4-5-14-33(29(39)45-16-20-8-12-22(13-9-20)35(42)43)18(3)23-24(31-27(23)37)17(2)26(36)25(32-30)28(38)44-15-19-6-10-21(11-7-19)34(40)41/h6-13,17-18,23-24H,4-5,14-16H2,1-3H3,(H,31,37)/t17?,18-,23-,24-/m1/s1. The Morgan fingerprint density at radius 2 is 1.47 bits per heavy atom. The minimum absolute atomic E-state index is 0.110. The van der Waals surface area contributed by atoms with Crippen molar-refractivity contribution < 1.29 is 43.3 Å². The predicted molar refractivity (Wildman–Crippen MR) is 155 cm³/mol. The summed E-state index contributed by atoms with van der Waals surface area (Å²) in [5.41, 5.74) is 9.20. The normalized spacial score (nSPS) is 16.6. The van der Waals surface area contributed by atoms with E-state index >= 15 is 0 Å². The zero-order valence-electron chi connectivity index (χ0n) is 24.8. The van der Waals surface area contributed by atoms with Gasteiger partial charge in [-0.15, -0.1) is 0 Å². The number of ketones is 1. The van der Waals surface area contributed by atoms with Gasteiger partial charge in [0.25, 0.3) is 17.2 Å². The van der Waals surface area contributed by atoms with E-state index in [4.69, 9.17) is 9.47 Å². The van der Waals surface area contributed by atoms with Crippen molar-refractivity contribution in [1.29, 1.82) is 0 Å². The number of esters is 1. The van der Waals surface area contributed by atoms with E-state index in [9.17, 15) is 44.9 Å². The van der Waals surface area contributed by atoms with Crippen LogP contribution in [0.3, 0.4) is 0 Å². The molecule has 1 heterocycles. The van der Waals surface area contributed by atoms with Crippen molar-refractivity contribution in [2.75, 3.05) is 6.54 Å². The number of Topliss-reactive ketones (excluding diaryl/α,β-unsaturated/α-hetero) is 1. The van der Waals surface area contributed by atoms with Crippen molar-refractivity contribution in [1.82, 2.24) is 10.2 Å². The van der Waals surface area contributed by atoms with Crippen molar-refractivity contribution in [2.24, 2.45) is 11.8 Å². The smallest absolute Gasteiger partial charge is 0.441 e. The third kappa shape index (κ3) is 8.32. The Morgan fingerprint density at radius 1 is 0.956 bits per heavy atom. The van der Waals surface area contributed by atoms with E-state index in [1.807, 2.05) is 6.92 Å². The Labute approximate surface area is 257 Å². The fourth-order valence-electron chi connectivity index (χ4n) is 4.80. The monoisotopic (exact) mass is 624 g/mol. The number of nitrogens with zero attached hydrogens (tertiary/aromatic N) is 5. The topological polar surface area (TPSA) is 225 Å². The number of hydrogen-bond donors (Lipinski definition) is 1. The molecule has 2 aromatic carbocycles. The highest BCUT2D eigenvalue weighted by atomic mass is 16.6. The number of ether oxygens (including phenoxy) is 2. The Bertz CT molecular complexity index is 1500. The number of non-ortho nitro benzene ring substituents is 2. The summed E-state index contributed by atoms with van der Waals surface area (Å²) < 4.78 is 10.5. The predicted octanol–water partition coefficient (Wildman–Crippen LogP) is 3.36. The van der Waals surface area contributed by atoms with Crippen molar-refractivity contribution in [3.63, 3.8) is 0 Å². The highest BCUT2D eigenvalue weighted by Crippen LogP contribution is 2.30. The first kappa shape index (κ1) is 34.0. The first-order valence-electron chi connectivity index (χ1n) is 14.0. The lowest BCUT2D eigenvalue weighted by atomic mass is 9.75. The summed E-state index contributed by atoms with van der Waals surface area (Å²) in [7, 11) is 0. The Hall–Kier alpha value is -5.50. The summed E-state index contributed by atoms with van der Waals surface area (Å²) >= 11 is 0. The Morgan fingerprint density at radius 3 is 1.91 bits per heavy atom. The number of nitro benzene ring substituents is 2. The lowest BCUT2D eigenvalue weighted by molar-refractivity contribution is -0.385. The molecule has 16 heteroatoms. The Kier molecular flexibility index (Phi) is 11.6. The van der Waals surface area contributed by atoms with Gasteiger partial charge in [0.15, 0.2) is 0 Å². The Balaban J connectivity index is 1.66. The molecule has 1 aliphatic rings. The highest BCUT2D eigenvalue weighted by Gasteiger charge is 2.52. The third-order valence-electron chi connectivity index (χ3n) is 7.50. The van der Waals surface area contributed by atoms with Gasteiger partial charge >= 0.3 is 17.8 Å². The van der Waals surface area contributed by atoms with Crippen LogP contribution in [0.1, 0.15) is 44.7 Å². The average Bonchev–Trinajstić information content (AvgIpc) is 3.01. The molecular weight excluding hydrogens is 592 g/mol. The van der Waals surface area contributed by atoms with E-state index in [0.717, 1.165) is 6.42 Å². The number of unbranched alkanes of at least 4 members (excludes halogenated alkanes) is 1. The molecule has 0 radical (unpaired) electrons. The maximum absolute atomic E-state index is 13.2. The zero-order chi connectivity index (χ0) is 33.3. The second kappa shape index (κ2) is 15.3. The van der Waals surface area contributed by atoms with E-state index in [1.165, 1.54) is 60.4 Å². The highest BCUT2D eigenvalue weighted by molar-refractivity contribution is 6.62. The summed E-state index contributed by atoms with van der Waals surface area (Å²) in [6, 6.07) is 9.10. The SMILES string of the molecule is CCCCN(C(=O)OCc1ccc([N+](=O)[O-])cc1)[C@H](C)[C@H]1C(=O)N[C@@H]1C(C)C(=O)C(=[N+]=[N-])C(=O)OCc1ccc([N+](=O)[O-])cc1. The summed E-state index contributed by atoms with van der Waals surface area (Å²) in [4.78, 5) is 76.4. The van der Waals surface area contributed by atoms with Gasteiger partial charge in [0.05, 0.1) is 21.8 Å². The number of hydrogen-bond acceptors (Lipinski definition) is 10. The number of nitrogens with one attached hydrogen (secondary N) is 1. The molecule has 3 rings (SSSR count). The van der Waals surface area contributed by atoms with Gasteiger partial charge in [-0.1, -0.05) is 20.3 Å². The van der Waals surface area contributed by atoms with Gasteiger partial charge in [-0.05, 0) is 48.7 Å². The van der Waals surface area contributed by atoms with Crippen LogP contribution < -0.4 is 5.32 Å². The summed E-state index contributed by atoms with van der Waals surface area (Å²) in [5.74, 6) is -4.50. The van der Waals surface area contributed by atoms with Crippen molar-refractivity contribution >= 4 is 40.8 Å². The van der Waals surface area contributed by atoms with Crippen molar-refractivity contribution in [2.45, 2.75) is 58.9 Å². The van der Waals surface area contributed by atoms with Gasteiger partial charge in [0.1, 0.15) is 13.2 Å². The molecule has 238 valence electrons. The fourth-order valence-corrected chi connectivity index (χ4v) is 4.80. The lowest BCUT2D eigenvalue weighted by Crippen LogP contribution is -2.68. The van der Waals surface area contributed by atoms with E-state index in [1.54, 1.807) is 6.92 Å². The van der Waals surface area contributed by atoms with Crippen LogP contribution in [0.25, 0.3) is 5.53 Å². The molecule has 0 saturated carbocycles. The van der Waals surface area contributed by atoms with Crippen LogP contribution in [-0.4, -0.2) is 67.6 Å². The van der Waals surface area contributed by atoms with E-state index in [-0.39, 0.29) is 31.1 Å². The second-order valence-electron chi connectivity index (χ2n) is 10.4. The molecule has 16 nitrogen and oxygen atoms in total. The van der Waals surface area contributed by atoms with Crippen molar-refractivity contribution in [3.8, 4) is 0 Å². The average molecular weight is 625 g/mol. The molecule has 1 fully saturated rings. The maximum Gasteiger partial charge on any atom is 0.441 e. The van der Waals surface area contributed by atoms with Crippen LogP contribution in [-0.2, 0) is 37.1 Å². The maximum atomic E-state index is 13.2. The van der Waals surface area contributed by atoms with Gasteiger partial charge in [0.2, 0.25) is 5.91 Å². The zero-order valence-corrected chi connectivity index (χ0v) is 24.8. The third-order valence-corrected chi connectivity index (χ3v) is 7.50. The quantitative estimate of drug-likeness (QED) is 0.0444. The van der Waals surface area contributed by atoms with Crippen LogP contribution in [0.4, 0.5) is 16.2 Å². The summed E-state index contributed by atoms with van der Waals surface area (Å²) in [6.45, 7) is 4.71. The number of carbonyl (C=O) groups excluding carboxylic acids is 4. The van der Waals surface area contributed by atoms with Gasteiger partial charge in [-0.3, -0.25) is 29.8 Å². The van der Waals surface area contributed by atoms with Gasteiger partial charge in [-0.2, -0.15) is 4.79 Å². The minimum Gasteiger partial charge on any atom is -0.452 e. The number of carbonyl (C=O) groups is 4. The van der Waals surface area contributed by atoms with Crippen LogP contribution in [0.2, 0.25) is 0 Å². The summed E-state index contributed by atoms with van der Waals surface area (Å²) in [5, 5.41) is 24.3. The molecule has 2 aromatic rings. The largest absolute Gasteiger partial charge is 0.452 e. The van der Waals surface area contributed by atoms with Crippen LogP contribution in [0, 0.1) is 32.1 Å². The van der Waals surface area contributed by atoms with E-state index < -0.39 is 63.2 Å².